The number of nitrogens with zero attached hydrogens (tertiary/aromatic N) is 1. The number of rotatable bonds is 2. The van der Waals surface area contributed by atoms with Crippen molar-refractivity contribution in [2.24, 2.45) is 0 Å². The molecular formula is C12H23NO2. The largest absolute Gasteiger partial charge is 0.391 e. The first-order chi connectivity index (χ1) is 7.29. The Hall–Kier alpha value is -0.120. The first-order valence-corrected chi connectivity index (χ1v) is 6.27. The lowest BCUT2D eigenvalue weighted by molar-refractivity contribution is -0.0219. The van der Waals surface area contributed by atoms with E-state index in [4.69, 9.17) is 4.74 Å². The van der Waals surface area contributed by atoms with E-state index in [0.29, 0.717) is 12.1 Å². The van der Waals surface area contributed by atoms with Gasteiger partial charge >= 0.3 is 0 Å². The zero-order valence-corrected chi connectivity index (χ0v) is 9.69. The van der Waals surface area contributed by atoms with Gasteiger partial charge in [-0.1, -0.05) is 12.8 Å². The summed E-state index contributed by atoms with van der Waals surface area (Å²) in [7, 11) is 2.18. The van der Waals surface area contributed by atoms with Crippen LogP contribution in [0.5, 0.6) is 0 Å². The third-order valence-electron chi connectivity index (χ3n) is 3.98. The van der Waals surface area contributed by atoms with E-state index in [9.17, 15) is 5.11 Å². The number of ether oxygens (including phenoxy) is 1. The third-order valence-corrected chi connectivity index (χ3v) is 3.98. The maximum atomic E-state index is 10.00. The van der Waals surface area contributed by atoms with Crippen LogP contribution in [0, 0.1) is 0 Å². The fourth-order valence-electron chi connectivity index (χ4n) is 2.93. The second-order valence-corrected chi connectivity index (χ2v) is 4.93. The van der Waals surface area contributed by atoms with E-state index in [1.807, 2.05) is 0 Å². The quantitative estimate of drug-likeness (QED) is 0.752. The Balaban J connectivity index is 1.89. The van der Waals surface area contributed by atoms with Crippen molar-refractivity contribution < 1.29 is 9.84 Å². The average molecular weight is 213 g/mol. The Morgan fingerprint density at radius 1 is 1.07 bits per heavy atom. The standard InChI is InChI=1S/C12H23NO2/c1-13(10-6-8-15-9-7-10)11-4-2-3-5-12(11)14/h10-12,14H,2-9H2,1H3/t11-,12-/m0/s1. The van der Waals surface area contributed by atoms with Crippen LogP contribution in [0.15, 0.2) is 0 Å². The molecule has 1 saturated carbocycles. The van der Waals surface area contributed by atoms with Crippen molar-refractivity contribution in [2.45, 2.75) is 56.7 Å². The Morgan fingerprint density at radius 2 is 1.73 bits per heavy atom. The minimum absolute atomic E-state index is 0.105. The molecule has 1 aliphatic heterocycles. The molecule has 0 amide bonds. The van der Waals surface area contributed by atoms with E-state index in [1.54, 1.807) is 0 Å². The summed E-state index contributed by atoms with van der Waals surface area (Å²) in [6.07, 6.45) is 6.76. The highest BCUT2D eigenvalue weighted by Crippen LogP contribution is 2.26. The molecule has 0 bridgehead atoms. The van der Waals surface area contributed by atoms with Crippen molar-refractivity contribution in [1.29, 1.82) is 0 Å². The number of hydrogen-bond donors (Lipinski definition) is 1. The van der Waals surface area contributed by atoms with Crippen LogP contribution >= 0.6 is 0 Å². The summed E-state index contributed by atoms with van der Waals surface area (Å²) in [6, 6.07) is 1.01. The van der Waals surface area contributed by atoms with Gasteiger partial charge in [0.05, 0.1) is 6.10 Å². The summed E-state index contributed by atoms with van der Waals surface area (Å²) >= 11 is 0. The van der Waals surface area contributed by atoms with Gasteiger partial charge < -0.3 is 9.84 Å². The molecule has 3 heteroatoms. The molecule has 88 valence electrons. The molecule has 1 saturated heterocycles. The molecule has 0 spiro atoms. The van der Waals surface area contributed by atoms with Crippen molar-refractivity contribution in [2.75, 3.05) is 20.3 Å². The lowest BCUT2D eigenvalue weighted by Gasteiger charge is -2.41. The Bertz CT molecular complexity index is 192. The van der Waals surface area contributed by atoms with Crippen LogP contribution in [0.3, 0.4) is 0 Å². The normalized spacial score (nSPS) is 34.6. The summed E-state index contributed by atoms with van der Waals surface area (Å²) in [5, 5.41) is 10.00. The second kappa shape index (κ2) is 5.28. The summed E-state index contributed by atoms with van der Waals surface area (Å²) in [5.74, 6) is 0. The van der Waals surface area contributed by atoms with E-state index in [-0.39, 0.29) is 6.10 Å². The molecule has 0 aromatic heterocycles. The van der Waals surface area contributed by atoms with Crippen LogP contribution in [0.2, 0.25) is 0 Å². The van der Waals surface area contributed by atoms with Gasteiger partial charge in [0.1, 0.15) is 0 Å². The first-order valence-electron chi connectivity index (χ1n) is 6.27. The first kappa shape index (κ1) is 11.4. The zero-order chi connectivity index (χ0) is 10.7. The summed E-state index contributed by atoms with van der Waals surface area (Å²) in [5.41, 5.74) is 0. The van der Waals surface area contributed by atoms with Gasteiger partial charge in [-0.15, -0.1) is 0 Å². The van der Waals surface area contributed by atoms with Crippen molar-refractivity contribution in [3.63, 3.8) is 0 Å². The van der Waals surface area contributed by atoms with Crippen molar-refractivity contribution in [3.8, 4) is 0 Å². The van der Waals surface area contributed by atoms with Gasteiger partial charge in [-0.05, 0) is 32.7 Å². The van der Waals surface area contributed by atoms with Crippen LogP contribution in [0.25, 0.3) is 0 Å². The fourth-order valence-corrected chi connectivity index (χ4v) is 2.93. The minimum Gasteiger partial charge on any atom is -0.391 e. The van der Waals surface area contributed by atoms with Crippen molar-refractivity contribution in [3.05, 3.63) is 0 Å². The molecule has 2 atom stereocenters. The zero-order valence-electron chi connectivity index (χ0n) is 9.69. The van der Waals surface area contributed by atoms with E-state index in [0.717, 1.165) is 38.9 Å². The van der Waals surface area contributed by atoms with Crippen LogP contribution in [-0.2, 0) is 4.74 Å². The van der Waals surface area contributed by atoms with Crippen LogP contribution in [0.1, 0.15) is 38.5 Å². The van der Waals surface area contributed by atoms with Crippen LogP contribution < -0.4 is 0 Å². The second-order valence-electron chi connectivity index (χ2n) is 4.93. The van der Waals surface area contributed by atoms with Gasteiger partial charge in [0.15, 0.2) is 0 Å². The summed E-state index contributed by atoms with van der Waals surface area (Å²) < 4.78 is 5.37. The average Bonchev–Trinajstić information content (AvgIpc) is 2.30. The highest BCUT2D eigenvalue weighted by molar-refractivity contribution is 4.85. The highest BCUT2D eigenvalue weighted by Gasteiger charge is 2.31. The molecule has 2 fully saturated rings. The molecular weight excluding hydrogens is 190 g/mol. The lowest BCUT2D eigenvalue weighted by atomic mass is 9.90. The molecule has 0 aromatic carbocycles. The predicted octanol–water partition coefficient (Wildman–Crippen LogP) is 1.40. The fraction of sp³-hybridized carbons (Fsp3) is 1.00. The van der Waals surface area contributed by atoms with Gasteiger partial charge in [-0.25, -0.2) is 0 Å². The lowest BCUT2D eigenvalue weighted by Crippen LogP contribution is -2.49. The SMILES string of the molecule is CN(C1CCOCC1)[C@H]1CCCC[C@@H]1O. The number of hydrogen-bond acceptors (Lipinski definition) is 3. The van der Waals surface area contributed by atoms with Gasteiger partial charge in [0.2, 0.25) is 0 Å². The highest BCUT2D eigenvalue weighted by atomic mass is 16.5. The van der Waals surface area contributed by atoms with E-state index >= 15 is 0 Å². The van der Waals surface area contributed by atoms with Gasteiger partial charge in [-0.2, -0.15) is 0 Å². The molecule has 15 heavy (non-hydrogen) atoms. The van der Waals surface area contributed by atoms with E-state index < -0.39 is 0 Å². The van der Waals surface area contributed by atoms with E-state index in [1.165, 1.54) is 12.8 Å². The van der Waals surface area contributed by atoms with Crippen LogP contribution in [-0.4, -0.2) is 48.5 Å². The summed E-state index contributed by atoms with van der Waals surface area (Å²) in [6.45, 7) is 1.77. The molecule has 0 unspecified atom stereocenters. The monoisotopic (exact) mass is 213 g/mol. The van der Waals surface area contributed by atoms with Crippen molar-refractivity contribution >= 4 is 0 Å². The third kappa shape index (κ3) is 2.71. The van der Waals surface area contributed by atoms with Gasteiger partial charge in [0, 0.05) is 25.3 Å². The topological polar surface area (TPSA) is 32.7 Å². The minimum atomic E-state index is -0.105. The molecule has 0 aromatic rings. The van der Waals surface area contributed by atoms with Gasteiger partial charge in [0.25, 0.3) is 0 Å². The maximum Gasteiger partial charge on any atom is 0.0695 e. The molecule has 2 rings (SSSR count). The molecule has 3 nitrogen and oxygen atoms in total. The molecule has 1 heterocycles. The number of aliphatic hydroxyl groups is 1. The molecule has 0 radical (unpaired) electrons. The Morgan fingerprint density at radius 3 is 2.40 bits per heavy atom. The smallest absolute Gasteiger partial charge is 0.0695 e. The van der Waals surface area contributed by atoms with E-state index in [2.05, 4.69) is 11.9 Å². The van der Waals surface area contributed by atoms with Crippen molar-refractivity contribution in [1.82, 2.24) is 4.90 Å². The van der Waals surface area contributed by atoms with Gasteiger partial charge in [-0.3, -0.25) is 4.90 Å². The molecule has 1 aliphatic carbocycles. The molecule has 2 aliphatic rings. The summed E-state index contributed by atoms with van der Waals surface area (Å²) in [4.78, 5) is 2.41. The number of likely N-dealkylation sites (N-methyl/N-ethyl adjacent to an activating group) is 1. The predicted molar refractivity (Wildman–Crippen MR) is 59.9 cm³/mol. The van der Waals surface area contributed by atoms with Crippen LogP contribution in [0.4, 0.5) is 0 Å². The maximum absolute atomic E-state index is 10.00. The molecule has 1 N–H and O–H groups in total. The Labute approximate surface area is 92.4 Å². The number of aliphatic hydroxyl groups excluding tert-OH is 1. The Kier molecular flexibility index (Phi) is 4.00.